The number of carbonyl (C=O) groups excluding carboxylic acids is 1. The minimum atomic E-state index is -3.67. The van der Waals surface area contributed by atoms with Crippen LogP contribution in [0.5, 0.6) is 0 Å². The Morgan fingerprint density at radius 3 is 2.15 bits per heavy atom. The van der Waals surface area contributed by atoms with Crippen LogP contribution in [0.3, 0.4) is 0 Å². The van der Waals surface area contributed by atoms with Gasteiger partial charge in [-0.05, 0) is 12.8 Å². The average molecular weight is 226 g/mol. The Morgan fingerprint density at radius 1 is 1.46 bits per heavy atom. The summed E-state index contributed by atoms with van der Waals surface area (Å²) in [5.41, 5.74) is 0. The van der Waals surface area contributed by atoms with Crippen LogP contribution in [-0.2, 0) is 14.9 Å². The van der Waals surface area contributed by atoms with Gasteiger partial charge < -0.3 is 0 Å². The monoisotopic (exact) mass is 226 g/mol. The van der Waals surface area contributed by atoms with Gasteiger partial charge in [-0.25, -0.2) is 0 Å². The molecular formula is C7H14O4S2. The first-order chi connectivity index (χ1) is 5.80. The summed E-state index contributed by atoms with van der Waals surface area (Å²) in [5.74, 6) is 0.333. The van der Waals surface area contributed by atoms with Gasteiger partial charge in [-0.3, -0.25) is 9.35 Å². The first kappa shape index (κ1) is 12.9. The van der Waals surface area contributed by atoms with E-state index in [1.165, 1.54) is 6.42 Å². The van der Waals surface area contributed by atoms with Crippen molar-refractivity contribution in [2.75, 3.05) is 6.26 Å². The minimum Gasteiger partial charge on any atom is -0.298 e. The number of ketones is 1. The zero-order valence-corrected chi connectivity index (χ0v) is 9.14. The molecule has 1 unspecified atom stereocenters. The molecule has 0 aromatic carbocycles. The van der Waals surface area contributed by atoms with E-state index in [4.69, 9.17) is 4.55 Å². The van der Waals surface area contributed by atoms with E-state index in [9.17, 15) is 13.2 Å². The Kier molecular flexibility index (Phi) is 5.59. The number of thiol groups is 1. The number of carbonyl (C=O) groups is 1. The molecule has 1 saturated carbocycles. The van der Waals surface area contributed by atoms with Crippen molar-refractivity contribution in [2.24, 2.45) is 0 Å². The van der Waals surface area contributed by atoms with E-state index >= 15 is 0 Å². The van der Waals surface area contributed by atoms with Gasteiger partial charge in [0.1, 0.15) is 5.78 Å². The standard InChI is InChI=1S/C6H10OS.CH4O3S/c7-5-3-1-2-4-6(5)8;1-5(2,3)4/h6,8H,1-4H2;1H3,(H,2,3,4). The summed E-state index contributed by atoms with van der Waals surface area (Å²) in [5, 5.41) is 0.0590. The smallest absolute Gasteiger partial charge is 0.261 e. The number of Topliss-reactive ketones (excluding diaryl/α,β-unsaturated/α-hetero) is 1. The third kappa shape index (κ3) is 9.85. The summed E-state index contributed by atoms with van der Waals surface area (Å²) in [6, 6.07) is 0. The van der Waals surface area contributed by atoms with Crippen LogP contribution >= 0.6 is 12.6 Å². The Morgan fingerprint density at radius 2 is 1.92 bits per heavy atom. The predicted molar refractivity (Wildman–Crippen MR) is 53.7 cm³/mol. The van der Waals surface area contributed by atoms with Crippen LogP contribution in [0.15, 0.2) is 0 Å². The van der Waals surface area contributed by atoms with E-state index < -0.39 is 10.1 Å². The summed E-state index contributed by atoms with van der Waals surface area (Å²) in [7, 11) is -3.67. The molecule has 0 saturated heterocycles. The van der Waals surface area contributed by atoms with Crippen LogP contribution in [0.25, 0.3) is 0 Å². The van der Waals surface area contributed by atoms with Crippen molar-refractivity contribution in [3.05, 3.63) is 0 Å². The number of hydrogen-bond donors (Lipinski definition) is 2. The van der Waals surface area contributed by atoms with Crippen LogP contribution in [0.4, 0.5) is 0 Å². The van der Waals surface area contributed by atoms with Crippen LogP contribution in [0, 0.1) is 0 Å². The second-order valence-corrected chi connectivity index (χ2v) is 5.05. The van der Waals surface area contributed by atoms with Crippen molar-refractivity contribution in [2.45, 2.75) is 30.9 Å². The molecule has 0 aliphatic heterocycles. The normalized spacial score (nSPS) is 23.3. The maximum Gasteiger partial charge on any atom is 0.261 e. The van der Waals surface area contributed by atoms with Crippen molar-refractivity contribution in [3.8, 4) is 0 Å². The largest absolute Gasteiger partial charge is 0.298 e. The van der Waals surface area contributed by atoms with Gasteiger partial charge in [0.2, 0.25) is 0 Å². The Labute approximate surface area is 83.9 Å². The molecule has 4 nitrogen and oxygen atoms in total. The molecule has 1 fully saturated rings. The molecular weight excluding hydrogens is 212 g/mol. The molecule has 1 aliphatic carbocycles. The maximum absolute atomic E-state index is 10.7. The second kappa shape index (κ2) is 5.62. The zero-order valence-electron chi connectivity index (χ0n) is 7.43. The fourth-order valence-electron chi connectivity index (χ4n) is 0.965. The van der Waals surface area contributed by atoms with E-state index in [-0.39, 0.29) is 5.25 Å². The summed E-state index contributed by atoms with van der Waals surface area (Å²) < 4.78 is 25.9. The molecule has 0 radical (unpaired) electrons. The van der Waals surface area contributed by atoms with Crippen LogP contribution in [-0.4, -0.2) is 30.3 Å². The fraction of sp³-hybridized carbons (Fsp3) is 0.857. The van der Waals surface area contributed by atoms with Crippen molar-refractivity contribution in [1.29, 1.82) is 0 Å². The van der Waals surface area contributed by atoms with Gasteiger partial charge in [-0.15, -0.1) is 0 Å². The number of rotatable bonds is 0. The van der Waals surface area contributed by atoms with Gasteiger partial charge in [0, 0.05) is 6.42 Å². The molecule has 0 amide bonds. The van der Waals surface area contributed by atoms with E-state index in [1.807, 2.05) is 0 Å². The highest BCUT2D eigenvalue weighted by Crippen LogP contribution is 2.18. The van der Waals surface area contributed by atoms with E-state index in [2.05, 4.69) is 12.6 Å². The summed E-state index contributed by atoms with van der Waals surface area (Å²) >= 11 is 4.11. The van der Waals surface area contributed by atoms with Gasteiger partial charge in [-0.1, -0.05) is 6.42 Å². The predicted octanol–water partition coefficient (Wildman–Crippen LogP) is 0.932. The molecule has 0 heterocycles. The molecule has 1 rings (SSSR count). The second-order valence-electron chi connectivity index (χ2n) is 2.96. The molecule has 0 spiro atoms. The van der Waals surface area contributed by atoms with Gasteiger partial charge in [0.25, 0.3) is 10.1 Å². The molecule has 1 aliphatic rings. The average Bonchev–Trinajstić information content (AvgIpc) is 1.92. The lowest BCUT2D eigenvalue weighted by Crippen LogP contribution is -2.18. The number of hydrogen-bond acceptors (Lipinski definition) is 4. The van der Waals surface area contributed by atoms with Gasteiger partial charge in [-0.2, -0.15) is 21.0 Å². The van der Waals surface area contributed by atoms with E-state index in [0.29, 0.717) is 12.0 Å². The quantitative estimate of drug-likeness (QED) is 0.476. The third-order valence-corrected chi connectivity index (χ3v) is 2.07. The molecule has 1 atom stereocenters. The summed E-state index contributed by atoms with van der Waals surface area (Å²) in [6.07, 6.45) is 4.72. The van der Waals surface area contributed by atoms with Crippen LogP contribution in [0.2, 0.25) is 0 Å². The van der Waals surface area contributed by atoms with E-state index in [0.717, 1.165) is 19.3 Å². The van der Waals surface area contributed by atoms with Gasteiger partial charge in [0.15, 0.2) is 0 Å². The lowest BCUT2D eigenvalue weighted by atomic mass is 9.99. The lowest BCUT2D eigenvalue weighted by Gasteiger charge is -2.13. The van der Waals surface area contributed by atoms with E-state index in [1.54, 1.807) is 0 Å². The van der Waals surface area contributed by atoms with Gasteiger partial charge >= 0.3 is 0 Å². The zero-order chi connectivity index (χ0) is 10.5. The molecule has 1 N–H and O–H groups in total. The highest BCUT2D eigenvalue weighted by atomic mass is 32.2. The molecule has 0 bridgehead atoms. The topological polar surface area (TPSA) is 71.4 Å². The third-order valence-electron chi connectivity index (χ3n) is 1.52. The summed E-state index contributed by atoms with van der Waals surface area (Å²) in [6.45, 7) is 0. The molecule has 0 aromatic rings. The highest BCUT2D eigenvalue weighted by molar-refractivity contribution is 7.85. The molecule has 6 heteroatoms. The Balaban J connectivity index is 0.000000252. The Bertz CT molecular complexity index is 250. The lowest BCUT2D eigenvalue weighted by molar-refractivity contribution is -0.119. The fourth-order valence-corrected chi connectivity index (χ4v) is 1.28. The van der Waals surface area contributed by atoms with Crippen molar-refractivity contribution >= 4 is 28.5 Å². The first-order valence-electron chi connectivity index (χ1n) is 3.94. The first-order valence-corrected chi connectivity index (χ1v) is 6.30. The molecule has 0 aromatic heterocycles. The summed E-state index contributed by atoms with van der Waals surface area (Å²) in [4.78, 5) is 10.7. The highest BCUT2D eigenvalue weighted by Gasteiger charge is 2.17. The Hall–Kier alpha value is -0.0700. The van der Waals surface area contributed by atoms with Gasteiger partial charge in [0.05, 0.1) is 11.5 Å². The van der Waals surface area contributed by atoms with Crippen LogP contribution in [0.1, 0.15) is 25.7 Å². The van der Waals surface area contributed by atoms with Crippen molar-refractivity contribution in [3.63, 3.8) is 0 Å². The van der Waals surface area contributed by atoms with Crippen LogP contribution < -0.4 is 0 Å². The van der Waals surface area contributed by atoms with Crippen molar-refractivity contribution < 1.29 is 17.8 Å². The maximum atomic E-state index is 10.7. The molecule has 13 heavy (non-hydrogen) atoms. The van der Waals surface area contributed by atoms with Crippen molar-refractivity contribution in [1.82, 2.24) is 0 Å². The molecule has 78 valence electrons. The minimum absolute atomic E-state index is 0.0590. The SMILES string of the molecule is CS(=O)(=O)O.O=C1CCCCC1S.